The lowest BCUT2D eigenvalue weighted by atomic mass is 10.0. The van der Waals surface area contributed by atoms with Gasteiger partial charge in [0, 0.05) is 35.4 Å². The van der Waals surface area contributed by atoms with Crippen LogP contribution in [0.3, 0.4) is 0 Å². The number of hydrogen-bond donors (Lipinski definition) is 1. The largest absolute Gasteiger partial charge is 0.459 e. The van der Waals surface area contributed by atoms with E-state index < -0.39 is 27.0 Å². The minimum absolute atomic E-state index is 0.0410. The molecule has 3 rings (SSSR count). The molecule has 2 saturated heterocycles. The molecular formula is C16H18ClNO5S. The van der Waals surface area contributed by atoms with Crippen LogP contribution in [-0.4, -0.2) is 54.7 Å². The predicted molar refractivity (Wildman–Crippen MR) is 88.6 cm³/mol. The average molecular weight is 372 g/mol. The van der Waals surface area contributed by atoms with Crippen molar-refractivity contribution in [2.75, 3.05) is 12.4 Å². The minimum Gasteiger partial charge on any atom is -0.459 e. The molecule has 1 N–H and O–H groups in total. The van der Waals surface area contributed by atoms with E-state index in [-0.39, 0.29) is 37.3 Å². The monoisotopic (exact) mass is 371 g/mol. The number of hydrogen-bond acceptors (Lipinski definition) is 5. The fourth-order valence-corrected chi connectivity index (χ4v) is 5.18. The number of esters is 1. The highest BCUT2D eigenvalue weighted by Crippen LogP contribution is 2.47. The van der Waals surface area contributed by atoms with Gasteiger partial charge in [-0.15, -0.1) is 11.6 Å². The summed E-state index contributed by atoms with van der Waals surface area (Å²) in [5, 5.41) is 9.04. The molecule has 1 amide bonds. The minimum atomic E-state index is -1.66. The summed E-state index contributed by atoms with van der Waals surface area (Å²) < 4.78 is 16.4. The Balaban J connectivity index is 1.77. The molecule has 1 aromatic carbocycles. The van der Waals surface area contributed by atoms with Crippen LogP contribution in [-0.2, 0) is 31.7 Å². The third-order valence-electron chi connectivity index (χ3n) is 4.39. The van der Waals surface area contributed by atoms with Crippen molar-refractivity contribution in [2.45, 2.75) is 35.7 Å². The van der Waals surface area contributed by atoms with Crippen LogP contribution in [0.25, 0.3) is 0 Å². The molecule has 24 heavy (non-hydrogen) atoms. The molecule has 2 aliphatic rings. The zero-order valence-corrected chi connectivity index (χ0v) is 14.5. The number of nitrogens with zero attached hydrogens (tertiary/aromatic N) is 1. The number of ether oxygens (including phenoxy) is 1. The number of halogens is 1. The highest BCUT2D eigenvalue weighted by molar-refractivity contribution is 7.88. The lowest BCUT2D eigenvalue weighted by Gasteiger charge is -2.38. The van der Waals surface area contributed by atoms with Crippen molar-refractivity contribution in [3.05, 3.63) is 35.9 Å². The van der Waals surface area contributed by atoms with Crippen LogP contribution < -0.4 is 0 Å². The molecule has 0 aliphatic carbocycles. The number of fused-ring (bicyclic) bond motifs is 1. The van der Waals surface area contributed by atoms with E-state index in [0.29, 0.717) is 6.42 Å². The topological polar surface area (TPSA) is 83.9 Å². The van der Waals surface area contributed by atoms with Crippen molar-refractivity contribution in [3.63, 3.8) is 0 Å². The van der Waals surface area contributed by atoms with Crippen molar-refractivity contribution in [3.8, 4) is 0 Å². The summed E-state index contributed by atoms with van der Waals surface area (Å²) >= 11 is 6.53. The van der Waals surface area contributed by atoms with Crippen molar-refractivity contribution in [2.24, 2.45) is 0 Å². The lowest BCUT2D eigenvalue weighted by molar-refractivity contribution is -0.161. The van der Waals surface area contributed by atoms with E-state index in [0.717, 1.165) is 5.56 Å². The number of rotatable bonds is 6. The zero-order chi connectivity index (χ0) is 17.3. The van der Waals surface area contributed by atoms with Crippen molar-refractivity contribution in [1.82, 2.24) is 4.90 Å². The fraction of sp³-hybridized carbons (Fsp3) is 0.500. The van der Waals surface area contributed by atoms with Crippen LogP contribution in [0.1, 0.15) is 18.4 Å². The van der Waals surface area contributed by atoms with Gasteiger partial charge in [0.05, 0.1) is 6.61 Å². The molecule has 0 radical (unpaired) electrons. The quantitative estimate of drug-likeness (QED) is 0.454. The Labute approximate surface area is 147 Å². The number of β-lactam (4-membered cyclic amide) rings is 1. The SMILES string of the molecule is O=C(OCc1ccccc1)C1N2C(=O)CC2CC1(Cl)S(=O)CCO. The summed E-state index contributed by atoms with van der Waals surface area (Å²) in [4.78, 5) is 25.8. The van der Waals surface area contributed by atoms with Gasteiger partial charge in [-0.3, -0.25) is 9.00 Å². The average Bonchev–Trinajstić information content (AvgIpc) is 2.82. The second kappa shape index (κ2) is 6.82. The number of aliphatic hydroxyl groups excluding tert-OH is 1. The summed E-state index contributed by atoms with van der Waals surface area (Å²) in [6.07, 6.45) is 0.561. The molecule has 0 spiro atoms. The molecule has 2 fully saturated rings. The molecule has 4 unspecified atom stereocenters. The van der Waals surface area contributed by atoms with Gasteiger partial charge in [-0.25, -0.2) is 4.79 Å². The summed E-state index contributed by atoms with van der Waals surface area (Å²) in [6, 6.07) is 7.88. The number of carbonyl (C=O) groups excluding carboxylic acids is 2. The maximum Gasteiger partial charge on any atom is 0.332 e. The first kappa shape index (κ1) is 17.4. The van der Waals surface area contributed by atoms with Gasteiger partial charge in [-0.2, -0.15) is 0 Å². The van der Waals surface area contributed by atoms with Crippen LogP contribution in [0.15, 0.2) is 30.3 Å². The predicted octanol–water partition coefficient (Wildman–Crippen LogP) is 0.779. The van der Waals surface area contributed by atoms with E-state index in [1.54, 1.807) is 0 Å². The fourth-order valence-electron chi connectivity index (χ4n) is 3.23. The van der Waals surface area contributed by atoms with Crippen LogP contribution >= 0.6 is 11.6 Å². The summed E-state index contributed by atoms with van der Waals surface area (Å²) in [6.45, 7) is -0.242. The summed E-state index contributed by atoms with van der Waals surface area (Å²) in [5.74, 6) is -0.887. The molecule has 1 aromatic rings. The Morgan fingerprint density at radius 2 is 2.12 bits per heavy atom. The molecule has 0 saturated carbocycles. The van der Waals surface area contributed by atoms with Gasteiger partial charge < -0.3 is 14.7 Å². The number of alkyl halides is 1. The first-order chi connectivity index (χ1) is 11.5. The maximum absolute atomic E-state index is 12.6. The van der Waals surface area contributed by atoms with Crippen LogP contribution in [0, 0.1) is 0 Å². The molecule has 0 bridgehead atoms. The lowest BCUT2D eigenvalue weighted by Crippen LogP contribution is -2.58. The van der Waals surface area contributed by atoms with Crippen LogP contribution in [0.2, 0.25) is 0 Å². The van der Waals surface area contributed by atoms with E-state index in [1.807, 2.05) is 30.3 Å². The molecule has 4 atom stereocenters. The van der Waals surface area contributed by atoms with Crippen molar-refractivity contribution in [1.29, 1.82) is 0 Å². The number of aliphatic hydroxyl groups is 1. The molecular weight excluding hydrogens is 354 g/mol. The van der Waals surface area contributed by atoms with Gasteiger partial charge in [-0.05, 0) is 5.56 Å². The highest BCUT2D eigenvalue weighted by Gasteiger charge is 2.64. The smallest absolute Gasteiger partial charge is 0.332 e. The molecule has 0 aromatic heterocycles. The Hall–Kier alpha value is -1.44. The number of amides is 1. The van der Waals surface area contributed by atoms with E-state index in [1.165, 1.54) is 4.90 Å². The highest BCUT2D eigenvalue weighted by atomic mass is 35.5. The second-order valence-electron chi connectivity index (χ2n) is 5.92. The van der Waals surface area contributed by atoms with Gasteiger partial charge in [-0.1, -0.05) is 30.3 Å². The molecule has 6 nitrogen and oxygen atoms in total. The number of benzene rings is 1. The van der Waals surface area contributed by atoms with E-state index in [9.17, 15) is 13.8 Å². The van der Waals surface area contributed by atoms with Crippen molar-refractivity contribution < 1.29 is 23.6 Å². The first-order valence-electron chi connectivity index (χ1n) is 7.67. The summed E-state index contributed by atoms with van der Waals surface area (Å²) in [7, 11) is -1.66. The Kier molecular flexibility index (Phi) is 4.94. The van der Waals surface area contributed by atoms with Gasteiger partial charge in [0.25, 0.3) is 0 Å². The van der Waals surface area contributed by atoms with Gasteiger partial charge in [0.2, 0.25) is 5.91 Å². The van der Waals surface area contributed by atoms with Gasteiger partial charge in [0.1, 0.15) is 6.61 Å². The van der Waals surface area contributed by atoms with Crippen molar-refractivity contribution >= 4 is 34.3 Å². The summed E-state index contributed by atoms with van der Waals surface area (Å²) in [5.41, 5.74) is 0.812. The van der Waals surface area contributed by atoms with Gasteiger partial charge in [0.15, 0.2) is 10.2 Å². The molecule has 2 aliphatic heterocycles. The third kappa shape index (κ3) is 2.96. The van der Waals surface area contributed by atoms with E-state index in [4.69, 9.17) is 21.4 Å². The van der Waals surface area contributed by atoms with E-state index >= 15 is 0 Å². The standard InChI is InChI=1S/C16H18ClNO5S/c17-16(24(22)7-6-19)9-12-8-13(20)18(12)14(16)15(21)23-10-11-4-2-1-3-5-11/h1-5,12,14,19H,6-10H2. The normalized spacial score (nSPS) is 29.8. The third-order valence-corrected chi connectivity index (χ3v) is 6.97. The van der Waals surface area contributed by atoms with Gasteiger partial charge >= 0.3 is 5.97 Å². The maximum atomic E-state index is 12.6. The first-order valence-corrected chi connectivity index (χ1v) is 9.37. The second-order valence-corrected chi connectivity index (χ2v) is 8.64. The Morgan fingerprint density at radius 3 is 2.75 bits per heavy atom. The van der Waals surface area contributed by atoms with Crippen LogP contribution in [0.5, 0.6) is 0 Å². The molecule has 8 heteroatoms. The molecule has 130 valence electrons. The van der Waals surface area contributed by atoms with Crippen LogP contribution in [0.4, 0.5) is 0 Å². The van der Waals surface area contributed by atoms with E-state index in [2.05, 4.69) is 0 Å². The molecule has 2 heterocycles. The Bertz CT molecular complexity index is 670. The number of carbonyl (C=O) groups is 2. The Morgan fingerprint density at radius 1 is 1.42 bits per heavy atom. The zero-order valence-electron chi connectivity index (χ0n) is 12.9.